The van der Waals surface area contributed by atoms with Gasteiger partial charge >= 0.3 is 0 Å². The Kier molecular flexibility index (Phi) is 5.49. The summed E-state index contributed by atoms with van der Waals surface area (Å²) < 4.78 is 0. The summed E-state index contributed by atoms with van der Waals surface area (Å²) in [6.45, 7) is 9.42. The number of hydrogen-bond donors (Lipinski definition) is 1. The summed E-state index contributed by atoms with van der Waals surface area (Å²) in [4.78, 5) is 2.48. The minimum Gasteiger partial charge on any atom is -0.316 e. The van der Waals surface area contributed by atoms with E-state index in [0.29, 0.717) is 0 Å². The maximum Gasteiger partial charge on any atom is 0.000662 e. The van der Waals surface area contributed by atoms with Crippen LogP contribution in [0, 0.1) is 11.8 Å². The van der Waals surface area contributed by atoms with Crippen molar-refractivity contribution < 1.29 is 0 Å². The van der Waals surface area contributed by atoms with Crippen molar-refractivity contribution in [3.63, 3.8) is 0 Å². The van der Waals surface area contributed by atoms with E-state index in [0.717, 1.165) is 18.4 Å². The summed E-state index contributed by atoms with van der Waals surface area (Å²) >= 11 is 0. The lowest BCUT2D eigenvalue weighted by molar-refractivity contribution is 0.313. The lowest BCUT2D eigenvalue weighted by atomic mass is 10.2. The highest BCUT2D eigenvalue weighted by Gasteiger charge is 2.22. The zero-order valence-corrected chi connectivity index (χ0v) is 10.1. The Hall–Kier alpha value is -0.0800. The van der Waals surface area contributed by atoms with Crippen LogP contribution in [0.5, 0.6) is 0 Å². The standard InChI is InChI=1S/C12H26N2/c1-11(2)9-13-7-4-8-14(3)10-12-5-6-12/h11-13H,4-10H2,1-3H3. The third kappa shape index (κ3) is 6.39. The zero-order chi connectivity index (χ0) is 10.4. The van der Waals surface area contributed by atoms with E-state index in [1.165, 1.54) is 38.9 Å². The molecule has 0 amide bonds. The van der Waals surface area contributed by atoms with E-state index in [-0.39, 0.29) is 0 Å². The van der Waals surface area contributed by atoms with Crippen LogP contribution in [0.4, 0.5) is 0 Å². The molecular formula is C12H26N2. The molecule has 2 heteroatoms. The van der Waals surface area contributed by atoms with Crippen LogP contribution in [0.3, 0.4) is 0 Å². The average molecular weight is 198 g/mol. The molecular weight excluding hydrogens is 172 g/mol. The molecule has 0 aromatic carbocycles. The lowest BCUT2D eigenvalue weighted by Gasteiger charge is -2.16. The molecule has 0 saturated heterocycles. The molecule has 0 aliphatic heterocycles. The summed E-state index contributed by atoms with van der Waals surface area (Å²) in [6, 6.07) is 0. The Morgan fingerprint density at radius 2 is 2.07 bits per heavy atom. The van der Waals surface area contributed by atoms with Crippen LogP contribution in [0.15, 0.2) is 0 Å². The molecule has 0 atom stereocenters. The predicted molar refractivity (Wildman–Crippen MR) is 62.5 cm³/mol. The van der Waals surface area contributed by atoms with Gasteiger partial charge in [0, 0.05) is 6.54 Å². The first kappa shape index (κ1) is 12.0. The van der Waals surface area contributed by atoms with Crippen LogP contribution < -0.4 is 5.32 Å². The molecule has 1 saturated carbocycles. The van der Waals surface area contributed by atoms with Crippen LogP contribution in [-0.4, -0.2) is 38.1 Å². The van der Waals surface area contributed by atoms with E-state index in [4.69, 9.17) is 0 Å². The number of nitrogens with one attached hydrogen (secondary N) is 1. The van der Waals surface area contributed by atoms with Gasteiger partial charge in [-0.05, 0) is 57.8 Å². The van der Waals surface area contributed by atoms with Crippen molar-refractivity contribution in [2.45, 2.75) is 33.1 Å². The van der Waals surface area contributed by atoms with Crippen molar-refractivity contribution >= 4 is 0 Å². The van der Waals surface area contributed by atoms with Gasteiger partial charge < -0.3 is 10.2 Å². The first-order valence-corrected chi connectivity index (χ1v) is 6.07. The highest BCUT2D eigenvalue weighted by atomic mass is 15.1. The lowest BCUT2D eigenvalue weighted by Crippen LogP contribution is -2.27. The molecule has 1 fully saturated rings. The topological polar surface area (TPSA) is 15.3 Å². The molecule has 0 aromatic heterocycles. The number of hydrogen-bond acceptors (Lipinski definition) is 2. The molecule has 84 valence electrons. The van der Waals surface area contributed by atoms with Gasteiger partial charge in [-0.1, -0.05) is 13.8 Å². The van der Waals surface area contributed by atoms with Crippen molar-refractivity contribution in [1.29, 1.82) is 0 Å². The minimum absolute atomic E-state index is 0.777. The Morgan fingerprint density at radius 1 is 1.36 bits per heavy atom. The van der Waals surface area contributed by atoms with Gasteiger partial charge in [-0.15, -0.1) is 0 Å². The first-order chi connectivity index (χ1) is 6.68. The van der Waals surface area contributed by atoms with Crippen molar-refractivity contribution in [3.8, 4) is 0 Å². The molecule has 2 nitrogen and oxygen atoms in total. The third-order valence-corrected chi connectivity index (χ3v) is 2.71. The normalized spacial score (nSPS) is 16.9. The quantitative estimate of drug-likeness (QED) is 0.600. The second kappa shape index (κ2) is 6.41. The van der Waals surface area contributed by atoms with E-state index in [1.807, 2.05) is 0 Å². The van der Waals surface area contributed by atoms with Crippen LogP contribution in [0.1, 0.15) is 33.1 Å². The summed E-state index contributed by atoms with van der Waals surface area (Å²) in [7, 11) is 2.25. The minimum atomic E-state index is 0.777. The summed E-state index contributed by atoms with van der Waals surface area (Å²) in [5.74, 6) is 1.81. The number of nitrogens with zero attached hydrogens (tertiary/aromatic N) is 1. The van der Waals surface area contributed by atoms with Crippen molar-refractivity contribution in [2.75, 3.05) is 33.2 Å². The predicted octanol–water partition coefficient (Wildman–Crippen LogP) is 1.96. The van der Waals surface area contributed by atoms with Gasteiger partial charge in [0.15, 0.2) is 0 Å². The fourth-order valence-corrected chi connectivity index (χ4v) is 1.70. The van der Waals surface area contributed by atoms with E-state index in [2.05, 4.69) is 31.1 Å². The smallest absolute Gasteiger partial charge is 0.000662 e. The largest absolute Gasteiger partial charge is 0.316 e. The molecule has 1 N–H and O–H groups in total. The van der Waals surface area contributed by atoms with Crippen molar-refractivity contribution in [2.24, 2.45) is 11.8 Å². The van der Waals surface area contributed by atoms with Crippen LogP contribution in [-0.2, 0) is 0 Å². The second-order valence-corrected chi connectivity index (χ2v) is 5.16. The van der Waals surface area contributed by atoms with E-state index in [9.17, 15) is 0 Å². The Balaban J connectivity index is 1.82. The molecule has 1 aliphatic rings. The molecule has 0 unspecified atom stereocenters. The summed E-state index contributed by atoms with van der Waals surface area (Å²) in [6.07, 6.45) is 4.22. The maximum atomic E-state index is 3.48. The van der Waals surface area contributed by atoms with Crippen LogP contribution in [0.25, 0.3) is 0 Å². The van der Waals surface area contributed by atoms with Crippen molar-refractivity contribution in [1.82, 2.24) is 10.2 Å². The molecule has 14 heavy (non-hydrogen) atoms. The van der Waals surface area contributed by atoms with Gasteiger partial charge in [-0.25, -0.2) is 0 Å². The molecule has 1 aliphatic carbocycles. The maximum absolute atomic E-state index is 3.48. The fourth-order valence-electron chi connectivity index (χ4n) is 1.70. The van der Waals surface area contributed by atoms with Crippen molar-refractivity contribution in [3.05, 3.63) is 0 Å². The van der Waals surface area contributed by atoms with E-state index >= 15 is 0 Å². The van der Waals surface area contributed by atoms with Gasteiger partial charge in [0.2, 0.25) is 0 Å². The highest BCUT2D eigenvalue weighted by molar-refractivity contribution is 4.75. The van der Waals surface area contributed by atoms with Crippen LogP contribution in [0.2, 0.25) is 0 Å². The van der Waals surface area contributed by atoms with E-state index in [1.54, 1.807) is 0 Å². The summed E-state index contributed by atoms with van der Waals surface area (Å²) in [5, 5.41) is 3.48. The molecule has 0 heterocycles. The van der Waals surface area contributed by atoms with Crippen LogP contribution >= 0.6 is 0 Å². The fraction of sp³-hybridized carbons (Fsp3) is 1.00. The average Bonchev–Trinajstić information content (AvgIpc) is 2.87. The Bertz CT molecular complexity index is 141. The molecule has 0 spiro atoms. The van der Waals surface area contributed by atoms with Gasteiger partial charge in [0.05, 0.1) is 0 Å². The third-order valence-electron chi connectivity index (χ3n) is 2.71. The number of rotatable bonds is 8. The Labute approximate surface area is 89.1 Å². The van der Waals surface area contributed by atoms with Gasteiger partial charge in [0.1, 0.15) is 0 Å². The molecule has 0 radical (unpaired) electrons. The summed E-state index contributed by atoms with van der Waals surface area (Å²) in [5.41, 5.74) is 0. The van der Waals surface area contributed by atoms with Gasteiger partial charge in [-0.3, -0.25) is 0 Å². The van der Waals surface area contributed by atoms with Gasteiger partial charge in [0.25, 0.3) is 0 Å². The van der Waals surface area contributed by atoms with E-state index < -0.39 is 0 Å². The SMILES string of the molecule is CC(C)CNCCCN(C)CC1CC1. The first-order valence-electron chi connectivity index (χ1n) is 6.07. The highest BCUT2D eigenvalue weighted by Crippen LogP contribution is 2.29. The van der Waals surface area contributed by atoms with Gasteiger partial charge in [-0.2, -0.15) is 0 Å². The molecule has 1 rings (SSSR count). The molecule has 0 bridgehead atoms. The monoisotopic (exact) mass is 198 g/mol. The second-order valence-electron chi connectivity index (χ2n) is 5.16. The molecule has 0 aromatic rings. The zero-order valence-electron chi connectivity index (χ0n) is 10.1. The Morgan fingerprint density at radius 3 is 2.64 bits per heavy atom.